The summed E-state index contributed by atoms with van der Waals surface area (Å²) in [6.07, 6.45) is 2.68. The normalized spacial score (nSPS) is 12.7. The number of benzene rings is 2. The summed E-state index contributed by atoms with van der Waals surface area (Å²) in [7, 11) is 0. The van der Waals surface area contributed by atoms with Gasteiger partial charge in [0, 0.05) is 0 Å². The van der Waals surface area contributed by atoms with Crippen LogP contribution in [0.5, 0.6) is 0 Å². The van der Waals surface area contributed by atoms with Gasteiger partial charge in [0.2, 0.25) is 6.08 Å². The average molecular weight is 337 g/mol. The van der Waals surface area contributed by atoms with Gasteiger partial charge in [0.05, 0.1) is 18.6 Å². The van der Waals surface area contributed by atoms with Gasteiger partial charge < -0.3 is 4.74 Å². The lowest BCUT2D eigenvalue weighted by Crippen LogP contribution is -2.21. The maximum Gasteiger partial charge on any atom is 0.308 e. The summed E-state index contributed by atoms with van der Waals surface area (Å²) in [4.78, 5) is 26.4. The van der Waals surface area contributed by atoms with E-state index in [-0.39, 0.29) is 17.9 Å². The molecule has 2 aromatic carbocycles. The standard InChI is InChI=1S/C21H23NO3/c1-3-25-21(24)16(2)13-20(22-15-23)14-17-9-11-19(12-10-17)18-7-5-4-6-8-18/h4-12,16,20H,3,13-14H2,1-2H3/t16-,20+/m1/s1. The van der Waals surface area contributed by atoms with Crippen molar-refractivity contribution in [2.75, 3.05) is 6.61 Å². The molecule has 0 saturated carbocycles. The Morgan fingerprint density at radius 2 is 1.72 bits per heavy atom. The first-order valence-electron chi connectivity index (χ1n) is 8.52. The minimum Gasteiger partial charge on any atom is -0.466 e. The molecule has 0 heterocycles. The van der Waals surface area contributed by atoms with Crippen LogP contribution in [0, 0.1) is 5.92 Å². The number of hydrogen-bond acceptors (Lipinski definition) is 4. The second kappa shape index (κ2) is 9.55. The van der Waals surface area contributed by atoms with Crippen LogP contribution >= 0.6 is 0 Å². The fourth-order valence-electron chi connectivity index (χ4n) is 2.78. The summed E-state index contributed by atoms with van der Waals surface area (Å²) in [5.74, 6) is -0.557. The van der Waals surface area contributed by atoms with E-state index in [1.807, 2.05) is 30.3 Å². The van der Waals surface area contributed by atoms with Gasteiger partial charge in [0.1, 0.15) is 0 Å². The van der Waals surface area contributed by atoms with E-state index < -0.39 is 0 Å². The summed E-state index contributed by atoms with van der Waals surface area (Å²) in [5, 5.41) is 0. The van der Waals surface area contributed by atoms with Crippen LogP contribution in [0.15, 0.2) is 59.6 Å². The molecule has 0 amide bonds. The van der Waals surface area contributed by atoms with Crippen molar-refractivity contribution in [2.24, 2.45) is 10.9 Å². The van der Waals surface area contributed by atoms with Crippen LogP contribution in [-0.2, 0) is 20.7 Å². The Labute approximate surface area is 148 Å². The number of nitrogens with zero attached hydrogens (tertiary/aromatic N) is 1. The van der Waals surface area contributed by atoms with E-state index in [4.69, 9.17) is 4.74 Å². The molecule has 4 nitrogen and oxygen atoms in total. The lowest BCUT2D eigenvalue weighted by molar-refractivity contribution is -0.147. The van der Waals surface area contributed by atoms with Crippen LogP contribution in [0.1, 0.15) is 25.8 Å². The Morgan fingerprint density at radius 3 is 2.32 bits per heavy atom. The number of hydrogen-bond donors (Lipinski definition) is 0. The molecule has 0 aliphatic carbocycles. The Hall–Kier alpha value is -2.71. The summed E-state index contributed by atoms with van der Waals surface area (Å²) < 4.78 is 5.02. The molecule has 0 N–H and O–H groups in total. The third-order valence-electron chi connectivity index (χ3n) is 4.08. The lowest BCUT2D eigenvalue weighted by atomic mass is 9.95. The first kappa shape index (κ1) is 18.6. The highest BCUT2D eigenvalue weighted by molar-refractivity contribution is 5.72. The second-order valence-corrected chi connectivity index (χ2v) is 6.03. The van der Waals surface area contributed by atoms with Gasteiger partial charge in [-0.25, -0.2) is 9.79 Å². The number of carbonyl (C=O) groups is 1. The largest absolute Gasteiger partial charge is 0.466 e. The molecule has 2 aromatic rings. The molecule has 0 bridgehead atoms. The molecule has 0 aromatic heterocycles. The van der Waals surface area contributed by atoms with Crippen molar-refractivity contribution in [1.29, 1.82) is 0 Å². The van der Waals surface area contributed by atoms with E-state index in [9.17, 15) is 9.59 Å². The summed E-state index contributed by atoms with van der Waals surface area (Å²) >= 11 is 0. The number of ether oxygens (including phenoxy) is 1. The first-order chi connectivity index (χ1) is 12.1. The van der Waals surface area contributed by atoms with Crippen molar-refractivity contribution in [1.82, 2.24) is 0 Å². The highest BCUT2D eigenvalue weighted by Crippen LogP contribution is 2.21. The van der Waals surface area contributed by atoms with Gasteiger partial charge in [0.25, 0.3) is 0 Å². The second-order valence-electron chi connectivity index (χ2n) is 6.03. The van der Waals surface area contributed by atoms with Crippen LogP contribution in [0.2, 0.25) is 0 Å². The first-order valence-corrected chi connectivity index (χ1v) is 8.52. The molecule has 0 aliphatic heterocycles. The zero-order chi connectivity index (χ0) is 18.1. The molecular weight excluding hydrogens is 314 g/mol. The van der Waals surface area contributed by atoms with Crippen molar-refractivity contribution >= 4 is 12.0 Å². The summed E-state index contributed by atoms with van der Waals surface area (Å²) in [6, 6.07) is 18.0. The molecule has 0 aliphatic rings. The topological polar surface area (TPSA) is 55.7 Å². The minimum atomic E-state index is -0.300. The van der Waals surface area contributed by atoms with Gasteiger partial charge in [-0.15, -0.1) is 0 Å². The Bertz CT molecular complexity index is 719. The molecule has 0 unspecified atom stereocenters. The molecule has 2 atom stereocenters. The van der Waals surface area contributed by atoms with E-state index in [1.165, 1.54) is 0 Å². The molecule has 2 rings (SSSR count). The van der Waals surface area contributed by atoms with Gasteiger partial charge in [-0.1, -0.05) is 61.5 Å². The monoisotopic (exact) mass is 337 g/mol. The predicted molar refractivity (Wildman–Crippen MR) is 97.9 cm³/mol. The van der Waals surface area contributed by atoms with E-state index in [1.54, 1.807) is 19.9 Å². The van der Waals surface area contributed by atoms with E-state index in [0.717, 1.165) is 16.7 Å². The molecule has 0 spiro atoms. The van der Waals surface area contributed by atoms with Crippen LogP contribution in [-0.4, -0.2) is 24.7 Å². The number of carbonyl (C=O) groups excluding carboxylic acids is 2. The summed E-state index contributed by atoms with van der Waals surface area (Å²) in [5.41, 5.74) is 3.37. The zero-order valence-corrected chi connectivity index (χ0v) is 14.6. The van der Waals surface area contributed by atoms with Gasteiger partial charge >= 0.3 is 5.97 Å². The average Bonchev–Trinajstić information content (AvgIpc) is 2.63. The van der Waals surface area contributed by atoms with Gasteiger partial charge in [0.15, 0.2) is 0 Å². The van der Waals surface area contributed by atoms with Crippen molar-refractivity contribution < 1.29 is 14.3 Å². The number of aliphatic imine (C=N–C) groups is 1. The predicted octanol–water partition coefficient (Wildman–Crippen LogP) is 4.19. The Balaban J connectivity index is 2.04. The van der Waals surface area contributed by atoms with Crippen molar-refractivity contribution in [3.8, 4) is 11.1 Å². The van der Waals surface area contributed by atoms with Crippen molar-refractivity contribution in [3.63, 3.8) is 0 Å². The van der Waals surface area contributed by atoms with E-state index in [2.05, 4.69) is 29.3 Å². The molecule has 0 radical (unpaired) electrons. The van der Waals surface area contributed by atoms with Crippen LogP contribution in [0.4, 0.5) is 0 Å². The number of rotatable bonds is 8. The third kappa shape index (κ3) is 5.70. The molecule has 0 fully saturated rings. The quantitative estimate of drug-likeness (QED) is 0.412. The molecule has 0 saturated heterocycles. The molecule has 130 valence electrons. The van der Waals surface area contributed by atoms with Crippen LogP contribution in [0.25, 0.3) is 11.1 Å². The number of isocyanates is 1. The van der Waals surface area contributed by atoms with E-state index >= 15 is 0 Å². The molecule has 4 heteroatoms. The van der Waals surface area contributed by atoms with Crippen LogP contribution in [0.3, 0.4) is 0 Å². The molecule has 25 heavy (non-hydrogen) atoms. The molecular formula is C21H23NO3. The van der Waals surface area contributed by atoms with Gasteiger partial charge in [-0.3, -0.25) is 4.79 Å². The van der Waals surface area contributed by atoms with E-state index in [0.29, 0.717) is 19.4 Å². The number of esters is 1. The Kier molecular flexibility index (Phi) is 7.12. The van der Waals surface area contributed by atoms with Crippen molar-refractivity contribution in [3.05, 3.63) is 60.2 Å². The SMILES string of the molecule is CCOC(=O)[C@H](C)C[C@@H](Cc1ccc(-c2ccccc2)cc1)N=C=O. The fourth-order valence-corrected chi connectivity index (χ4v) is 2.78. The maximum atomic E-state index is 11.8. The van der Waals surface area contributed by atoms with Crippen LogP contribution < -0.4 is 0 Å². The highest BCUT2D eigenvalue weighted by Gasteiger charge is 2.20. The lowest BCUT2D eigenvalue weighted by Gasteiger charge is -2.16. The van der Waals surface area contributed by atoms with Gasteiger partial charge in [-0.2, -0.15) is 0 Å². The highest BCUT2D eigenvalue weighted by atomic mass is 16.5. The Morgan fingerprint density at radius 1 is 1.08 bits per heavy atom. The minimum absolute atomic E-state index is 0.256. The third-order valence-corrected chi connectivity index (χ3v) is 4.08. The van der Waals surface area contributed by atoms with Gasteiger partial charge in [-0.05, 0) is 36.5 Å². The summed E-state index contributed by atoms with van der Waals surface area (Å²) in [6.45, 7) is 3.93. The van der Waals surface area contributed by atoms with Crippen molar-refractivity contribution in [2.45, 2.75) is 32.7 Å². The zero-order valence-electron chi connectivity index (χ0n) is 14.6. The fraction of sp³-hybridized carbons (Fsp3) is 0.333. The maximum absolute atomic E-state index is 11.8. The smallest absolute Gasteiger partial charge is 0.308 e.